The zero-order valence-corrected chi connectivity index (χ0v) is 8.04. The highest BCUT2D eigenvalue weighted by molar-refractivity contribution is 9.11. The van der Waals surface area contributed by atoms with E-state index in [2.05, 4.69) is 34.4 Å². The molecular weight excluding hydrogens is 209 g/mol. The second kappa shape index (κ2) is 5.27. The van der Waals surface area contributed by atoms with Crippen molar-refractivity contribution in [2.24, 2.45) is 0 Å². The van der Waals surface area contributed by atoms with E-state index in [1.165, 1.54) is 6.08 Å². The highest BCUT2D eigenvalue weighted by Gasteiger charge is 1.98. The molecule has 62 valence electrons. The Labute approximate surface area is 74.8 Å². The summed E-state index contributed by atoms with van der Waals surface area (Å²) in [5.41, 5.74) is 0.764. The Kier molecular flexibility index (Phi) is 5.07. The predicted molar refractivity (Wildman–Crippen MR) is 50.3 cm³/mol. The number of hydrogen-bond donors (Lipinski definition) is 1. The highest BCUT2D eigenvalue weighted by atomic mass is 79.9. The molecule has 0 aliphatic rings. The average Bonchev–Trinajstić information content (AvgIpc) is 1.86. The van der Waals surface area contributed by atoms with Gasteiger partial charge in [-0.3, -0.25) is 0 Å². The molecule has 1 N–H and O–H groups in total. The molecule has 0 aromatic rings. The topological polar surface area (TPSA) is 12.0 Å². The first kappa shape index (κ1) is 10.6. The van der Waals surface area contributed by atoms with Gasteiger partial charge < -0.3 is 5.32 Å². The fraction of sp³-hybridized carbons (Fsp3) is 0.250. The van der Waals surface area contributed by atoms with Crippen molar-refractivity contribution in [3.8, 4) is 0 Å². The molecule has 0 aliphatic carbocycles. The van der Waals surface area contributed by atoms with E-state index in [4.69, 9.17) is 0 Å². The van der Waals surface area contributed by atoms with Crippen LogP contribution in [0.4, 0.5) is 4.39 Å². The number of rotatable bonds is 4. The van der Waals surface area contributed by atoms with Crippen LogP contribution in [0.2, 0.25) is 0 Å². The molecule has 3 heteroatoms. The monoisotopic (exact) mass is 219 g/mol. The Balaban J connectivity index is 4.32. The third-order valence-corrected chi connectivity index (χ3v) is 1.56. The molecule has 0 aliphatic heterocycles. The van der Waals surface area contributed by atoms with Crippen molar-refractivity contribution in [1.29, 1.82) is 0 Å². The van der Waals surface area contributed by atoms with E-state index in [1.54, 1.807) is 7.05 Å². The largest absolute Gasteiger partial charge is 0.316 e. The van der Waals surface area contributed by atoms with Gasteiger partial charge in [0.15, 0.2) is 0 Å². The summed E-state index contributed by atoms with van der Waals surface area (Å²) in [7, 11) is 1.78. The van der Waals surface area contributed by atoms with Crippen molar-refractivity contribution in [3.63, 3.8) is 0 Å². The number of halogens is 2. The molecule has 0 aromatic heterocycles. The Morgan fingerprint density at radius 3 is 2.45 bits per heavy atom. The van der Waals surface area contributed by atoms with Crippen molar-refractivity contribution in [3.05, 3.63) is 35.1 Å². The maximum Gasteiger partial charge on any atom is 0.116 e. The van der Waals surface area contributed by atoms with Crippen LogP contribution >= 0.6 is 15.9 Å². The lowest BCUT2D eigenvalue weighted by atomic mass is 10.2. The summed E-state index contributed by atoms with van der Waals surface area (Å²) in [6, 6.07) is 0. The van der Waals surface area contributed by atoms with Gasteiger partial charge in [-0.15, -0.1) is 0 Å². The molecule has 0 amide bonds. The summed E-state index contributed by atoms with van der Waals surface area (Å²) < 4.78 is 12.9. The van der Waals surface area contributed by atoms with Gasteiger partial charge in [0, 0.05) is 11.0 Å². The van der Waals surface area contributed by atoms with E-state index >= 15 is 0 Å². The van der Waals surface area contributed by atoms with E-state index in [9.17, 15) is 4.39 Å². The number of hydrogen-bond acceptors (Lipinski definition) is 1. The molecule has 0 aromatic carbocycles. The van der Waals surface area contributed by atoms with Gasteiger partial charge in [0.2, 0.25) is 0 Å². The Hall–Kier alpha value is -0.410. The van der Waals surface area contributed by atoms with Gasteiger partial charge in [-0.05, 0) is 18.7 Å². The van der Waals surface area contributed by atoms with Gasteiger partial charge in [0.1, 0.15) is 5.83 Å². The van der Waals surface area contributed by atoms with Gasteiger partial charge in [-0.2, -0.15) is 0 Å². The van der Waals surface area contributed by atoms with Gasteiger partial charge in [-0.1, -0.05) is 29.1 Å². The Bertz CT molecular complexity index is 196. The molecule has 11 heavy (non-hydrogen) atoms. The summed E-state index contributed by atoms with van der Waals surface area (Å²) in [6.45, 7) is 7.33. The second-order valence-corrected chi connectivity index (χ2v) is 3.01. The van der Waals surface area contributed by atoms with Gasteiger partial charge in [0.05, 0.1) is 0 Å². The van der Waals surface area contributed by atoms with E-state index in [0.717, 1.165) is 5.57 Å². The molecule has 0 radical (unpaired) electrons. The Morgan fingerprint density at radius 1 is 1.64 bits per heavy atom. The maximum atomic E-state index is 12.3. The van der Waals surface area contributed by atoms with Gasteiger partial charge >= 0.3 is 0 Å². The lowest BCUT2D eigenvalue weighted by molar-refractivity contribution is 0.669. The standard InChI is InChI=1S/C8H11BrFN/c1-6(10)4-8(5-11-3)7(2)9/h4,11H,1-2,5H2,3H3/b8-4-. The number of nitrogens with one attached hydrogen (secondary N) is 1. The zero-order chi connectivity index (χ0) is 8.85. The summed E-state index contributed by atoms with van der Waals surface area (Å²) in [6.07, 6.45) is 1.34. The van der Waals surface area contributed by atoms with Crippen molar-refractivity contribution in [2.75, 3.05) is 13.6 Å². The van der Waals surface area contributed by atoms with Crippen molar-refractivity contribution < 1.29 is 4.39 Å². The van der Waals surface area contributed by atoms with E-state index in [-0.39, 0.29) is 0 Å². The van der Waals surface area contributed by atoms with E-state index in [1.807, 2.05) is 0 Å². The first-order valence-corrected chi connectivity index (χ1v) is 3.91. The molecule has 0 spiro atoms. The minimum atomic E-state index is -0.462. The maximum absolute atomic E-state index is 12.3. The summed E-state index contributed by atoms with van der Waals surface area (Å²) in [5.74, 6) is -0.462. The molecule has 0 atom stereocenters. The molecule has 0 saturated carbocycles. The lowest BCUT2D eigenvalue weighted by Crippen LogP contribution is -2.10. The molecule has 0 unspecified atom stereocenters. The van der Waals surface area contributed by atoms with E-state index in [0.29, 0.717) is 11.0 Å². The number of allylic oxidation sites excluding steroid dienone is 2. The van der Waals surface area contributed by atoms with Crippen molar-refractivity contribution in [1.82, 2.24) is 5.32 Å². The van der Waals surface area contributed by atoms with Gasteiger partial charge in [-0.25, -0.2) is 4.39 Å². The van der Waals surface area contributed by atoms with Crippen LogP contribution < -0.4 is 5.32 Å². The highest BCUT2D eigenvalue weighted by Crippen LogP contribution is 2.15. The summed E-state index contributed by atoms with van der Waals surface area (Å²) in [5, 5.41) is 2.89. The van der Waals surface area contributed by atoms with E-state index < -0.39 is 5.83 Å². The van der Waals surface area contributed by atoms with Crippen LogP contribution in [0.1, 0.15) is 0 Å². The fourth-order valence-corrected chi connectivity index (χ4v) is 0.859. The first-order valence-electron chi connectivity index (χ1n) is 3.12. The zero-order valence-electron chi connectivity index (χ0n) is 6.45. The molecule has 1 nitrogen and oxygen atoms in total. The third kappa shape index (κ3) is 4.93. The van der Waals surface area contributed by atoms with Crippen LogP contribution in [-0.2, 0) is 0 Å². The summed E-state index contributed by atoms with van der Waals surface area (Å²) in [4.78, 5) is 0. The van der Waals surface area contributed by atoms with Crippen LogP contribution in [0.5, 0.6) is 0 Å². The average molecular weight is 220 g/mol. The minimum absolute atomic E-state index is 0.462. The fourth-order valence-electron chi connectivity index (χ4n) is 0.605. The predicted octanol–water partition coefficient (Wildman–Crippen LogP) is 2.52. The molecule has 0 bridgehead atoms. The smallest absolute Gasteiger partial charge is 0.116 e. The van der Waals surface area contributed by atoms with Crippen LogP contribution in [0.3, 0.4) is 0 Å². The Morgan fingerprint density at radius 2 is 2.18 bits per heavy atom. The molecule has 0 heterocycles. The lowest BCUT2D eigenvalue weighted by Gasteiger charge is -2.02. The molecule has 0 rings (SSSR count). The van der Waals surface area contributed by atoms with Crippen LogP contribution in [0.15, 0.2) is 35.1 Å². The van der Waals surface area contributed by atoms with Crippen LogP contribution in [0, 0.1) is 0 Å². The molecule has 0 saturated heterocycles. The SMILES string of the molecule is C=C(F)/C=C(/CNC)C(=C)Br. The van der Waals surface area contributed by atoms with Crippen LogP contribution in [0.25, 0.3) is 0 Å². The summed E-state index contributed by atoms with van der Waals surface area (Å²) >= 11 is 3.16. The van der Waals surface area contributed by atoms with Crippen molar-refractivity contribution in [2.45, 2.75) is 0 Å². The molecule has 0 fully saturated rings. The van der Waals surface area contributed by atoms with Gasteiger partial charge in [0.25, 0.3) is 0 Å². The van der Waals surface area contributed by atoms with Crippen molar-refractivity contribution >= 4 is 15.9 Å². The third-order valence-electron chi connectivity index (χ3n) is 1.05. The second-order valence-electron chi connectivity index (χ2n) is 2.05. The number of likely N-dealkylation sites (N-methyl/N-ethyl adjacent to an activating group) is 1. The molecular formula is C8H11BrFN. The normalized spacial score (nSPS) is 11.4. The first-order chi connectivity index (χ1) is 5.07. The minimum Gasteiger partial charge on any atom is -0.316 e. The quantitative estimate of drug-likeness (QED) is 0.718. The van der Waals surface area contributed by atoms with Crippen LogP contribution in [-0.4, -0.2) is 13.6 Å².